The van der Waals surface area contributed by atoms with Gasteiger partial charge in [-0.3, -0.25) is 24.7 Å². The number of benzene rings is 3. The number of rotatable bonds is 14. The van der Waals surface area contributed by atoms with Crippen LogP contribution in [0.4, 0.5) is 17.1 Å². The maximum Gasteiger partial charge on any atom is 0.293 e. The number of carbonyl (C=O) groups is 1. The smallest absolute Gasteiger partial charge is 0.293 e. The number of aromatic amines is 1. The van der Waals surface area contributed by atoms with Crippen LogP contribution in [0.5, 0.6) is 11.5 Å². The zero-order valence-electron chi connectivity index (χ0n) is 37.4. The summed E-state index contributed by atoms with van der Waals surface area (Å²) in [6, 6.07) is 21.0. The van der Waals surface area contributed by atoms with Crippen molar-refractivity contribution in [2.45, 2.75) is 63.3 Å². The summed E-state index contributed by atoms with van der Waals surface area (Å²) in [5, 5.41) is 17.0. The van der Waals surface area contributed by atoms with Crippen molar-refractivity contribution in [3.63, 3.8) is 0 Å². The number of allylic oxidation sites excluding steroid dienone is 1. The number of nitro benzene ring substituents is 1. The molecule has 15 nitrogen and oxygen atoms in total. The third-order valence-electron chi connectivity index (χ3n) is 13.7. The first-order chi connectivity index (χ1) is 31.8. The first-order valence-electron chi connectivity index (χ1n) is 22.9. The molecule has 3 aromatic carbocycles. The second kappa shape index (κ2) is 19.4. The lowest BCUT2D eigenvalue weighted by molar-refractivity contribution is -0.384. The number of halogens is 1. The Hall–Kier alpha value is -5.52. The van der Waals surface area contributed by atoms with E-state index < -0.39 is 31.4 Å². The van der Waals surface area contributed by atoms with Crippen molar-refractivity contribution in [3.05, 3.63) is 117 Å². The van der Waals surface area contributed by atoms with Gasteiger partial charge in [0.1, 0.15) is 22.8 Å². The van der Waals surface area contributed by atoms with E-state index in [1.807, 2.05) is 18.2 Å². The molecule has 2 atom stereocenters. The third kappa shape index (κ3) is 10.5. The van der Waals surface area contributed by atoms with Gasteiger partial charge in [0.05, 0.1) is 34.8 Å². The number of piperazine rings is 1. The lowest BCUT2D eigenvalue weighted by Gasteiger charge is -2.39. The fourth-order valence-electron chi connectivity index (χ4n) is 9.96. The largest absolute Gasteiger partial charge is 0.455 e. The van der Waals surface area contributed by atoms with Gasteiger partial charge in [-0.25, -0.2) is 18.1 Å². The molecule has 348 valence electrons. The van der Waals surface area contributed by atoms with Crippen LogP contribution < -0.4 is 19.7 Å². The molecule has 4 aliphatic rings. The van der Waals surface area contributed by atoms with E-state index in [9.17, 15) is 23.3 Å². The molecular formula is C49H57ClN8O7S. The van der Waals surface area contributed by atoms with Crippen LogP contribution in [0.3, 0.4) is 0 Å². The van der Waals surface area contributed by atoms with Gasteiger partial charge in [0, 0.05) is 92.8 Å². The van der Waals surface area contributed by atoms with Crippen LogP contribution in [-0.4, -0.2) is 111 Å². The molecule has 2 saturated heterocycles. The Balaban J connectivity index is 0.900. The molecule has 2 aliphatic carbocycles. The van der Waals surface area contributed by atoms with E-state index in [2.05, 4.69) is 60.7 Å². The highest BCUT2D eigenvalue weighted by molar-refractivity contribution is 7.90. The Morgan fingerprint density at radius 2 is 1.79 bits per heavy atom. The van der Waals surface area contributed by atoms with Crippen molar-refractivity contribution in [2.75, 3.05) is 75.8 Å². The number of carbonyl (C=O) groups excluding carboxylic acids is 1. The number of sulfonamides is 1. The summed E-state index contributed by atoms with van der Waals surface area (Å²) in [5.74, 6) is -0.136. The quantitative estimate of drug-likeness (QED) is 0.0715. The molecular weight excluding hydrogens is 880 g/mol. The highest BCUT2D eigenvalue weighted by Crippen LogP contribution is 2.44. The van der Waals surface area contributed by atoms with Gasteiger partial charge < -0.3 is 24.7 Å². The summed E-state index contributed by atoms with van der Waals surface area (Å²) in [7, 11) is -4.57. The first-order valence-corrected chi connectivity index (χ1v) is 24.7. The van der Waals surface area contributed by atoms with Gasteiger partial charge in [0.15, 0.2) is 0 Å². The number of morpholine rings is 1. The van der Waals surface area contributed by atoms with Gasteiger partial charge in [-0.15, -0.1) is 0 Å². The SMILES string of the molecule is CC1(C)CCC(CN2CCN(c3ccc(C(=O)NS(=O)(=O)c4ccc(NC[C@@H]5CC[C@H](N6CCOCC6)C5)c([N+](=O)[O-])c4)c(Oc4cnc5[nH]ccc5c4)c3)CC2)=C(c2ccc(Cl)cc2)C1. The number of fused-ring (bicyclic) bond motifs is 1. The Bertz CT molecular complexity index is 2730. The minimum absolute atomic E-state index is 0.0308. The number of H-pyrrole nitrogens is 1. The van der Waals surface area contributed by atoms with E-state index in [-0.39, 0.29) is 22.4 Å². The summed E-state index contributed by atoms with van der Waals surface area (Å²) in [5.41, 5.74) is 5.61. The molecule has 3 fully saturated rings. The van der Waals surface area contributed by atoms with E-state index in [1.165, 1.54) is 35.0 Å². The number of nitro groups is 1. The maximum absolute atomic E-state index is 14.0. The average molecular weight is 938 g/mol. The molecule has 1 amide bonds. The van der Waals surface area contributed by atoms with Crippen LogP contribution >= 0.6 is 11.6 Å². The summed E-state index contributed by atoms with van der Waals surface area (Å²) in [6.07, 6.45) is 9.52. The molecule has 66 heavy (non-hydrogen) atoms. The van der Waals surface area contributed by atoms with E-state index in [4.69, 9.17) is 21.1 Å². The Kier molecular flexibility index (Phi) is 13.4. The average Bonchev–Trinajstić information content (AvgIpc) is 3.99. The van der Waals surface area contributed by atoms with Crippen molar-refractivity contribution >= 4 is 61.2 Å². The van der Waals surface area contributed by atoms with E-state index in [0.29, 0.717) is 29.9 Å². The minimum Gasteiger partial charge on any atom is -0.455 e. The van der Waals surface area contributed by atoms with Crippen LogP contribution in [0, 0.1) is 21.4 Å². The van der Waals surface area contributed by atoms with Crippen molar-refractivity contribution in [1.82, 2.24) is 24.5 Å². The molecule has 2 aliphatic heterocycles. The van der Waals surface area contributed by atoms with Crippen molar-refractivity contribution in [1.29, 1.82) is 0 Å². The molecule has 5 aromatic rings. The number of pyridine rings is 1. The van der Waals surface area contributed by atoms with Gasteiger partial charge >= 0.3 is 0 Å². The number of nitrogens with zero attached hydrogens (tertiary/aromatic N) is 5. The third-order valence-corrected chi connectivity index (χ3v) is 15.3. The maximum atomic E-state index is 14.0. The summed E-state index contributed by atoms with van der Waals surface area (Å²) in [6.45, 7) is 12.5. The molecule has 0 spiro atoms. The van der Waals surface area contributed by atoms with E-state index >= 15 is 0 Å². The van der Waals surface area contributed by atoms with E-state index in [1.54, 1.807) is 30.5 Å². The van der Waals surface area contributed by atoms with E-state index in [0.717, 1.165) is 120 Å². The predicted molar refractivity (Wildman–Crippen MR) is 257 cm³/mol. The number of aromatic nitrogens is 2. The summed E-state index contributed by atoms with van der Waals surface area (Å²) >= 11 is 6.25. The molecule has 17 heteroatoms. The number of hydrogen-bond acceptors (Lipinski definition) is 12. The van der Waals surface area contributed by atoms with Crippen LogP contribution in [0.15, 0.2) is 95.7 Å². The van der Waals surface area contributed by atoms with Crippen LogP contribution in [0.25, 0.3) is 16.6 Å². The first kappa shape index (κ1) is 45.6. The summed E-state index contributed by atoms with van der Waals surface area (Å²) in [4.78, 5) is 40.0. The molecule has 0 unspecified atom stereocenters. The molecule has 2 aromatic heterocycles. The molecule has 0 radical (unpaired) electrons. The monoisotopic (exact) mass is 936 g/mol. The number of amides is 1. The highest BCUT2D eigenvalue weighted by atomic mass is 35.5. The Labute approximate surface area is 390 Å². The topological polar surface area (TPSA) is 175 Å². The lowest BCUT2D eigenvalue weighted by Crippen LogP contribution is -2.47. The lowest BCUT2D eigenvalue weighted by atomic mass is 9.72. The highest BCUT2D eigenvalue weighted by Gasteiger charge is 2.33. The van der Waals surface area contributed by atoms with Crippen molar-refractivity contribution in [2.24, 2.45) is 11.3 Å². The second-order valence-corrected chi connectivity index (χ2v) is 20.9. The predicted octanol–water partition coefficient (Wildman–Crippen LogP) is 8.73. The zero-order chi connectivity index (χ0) is 46.0. The van der Waals surface area contributed by atoms with Crippen molar-refractivity contribution < 1.29 is 27.6 Å². The van der Waals surface area contributed by atoms with Gasteiger partial charge in [0.2, 0.25) is 0 Å². The van der Waals surface area contributed by atoms with Gasteiger partial charge in [-0.1, -0.05) is 43.2 Å². The van der Waals surface area contributed by atoms with Gasteiger partial charge in [0.25, 0.3) is 21.6 Å². The fourth-order valence-corrected chi connectivity index (χ4v) is 11.1. The Morgan fingerprint density at radius 1 is 1.00 bits per heavy atom. The summed E-state index contributed by atoms with van der Waals surface area (Å²) < 4.78 is 41.6. The number of hydrogen-bond donors (Lipinski definition) is 3. The van der Waals surface area contributed by atoms with Crippen LogP contribution in [-0.2, 0) is 14.8 Å². The number of nitrogens with one attached hydrogen (secondary N) is 3. The number of ether oxygens (including phenoxy) is 2. The van der Waals surface area contributed by atoms with Crippen LogP contribution in [0.2, 0.25) is 5.02 Å². The molecule has 1 saturated carbocycles. The zero-order valence-corrected chi connectivity index (χ0v) is 39.0. The fraction of sp³-hybridized carbons (Fsp3) is 0.429. The molecule has 0 bridgehead atoms. The minimum atomic E-state index is -4.57. The molecule has 4 heterocycles. The van der Waals surface area contributed by atoms with Gasteiger partial charge in [-0.05, 0) is 110 Å². The number of anilines is 2. The second-order valence-electron chi connectivity index (χ2n) is 18.8. The standard InChI is InChI=1S/C49H57ClN8O7S/c1-49(2)15-13-36(43(29-49)34-4-6-37(50)7-5-34)32-55-17-19-56(20-18-55)39-9-11-42(46(27-39)65-40-26-35-14-16-51-47(35)53-31-40)48(59)54-66(62,63)41-10-12-44(45(28-41)58(60)61)52-30-33-3-8-38(25-33)57-21-23-64-24-22-57/h4-7,9-12,14,16,26-28,31,33,38,52H,3,8,13,15,17-25,29-30,32H2,1-2H3,(H,51,53)(H,54,59)/t33-,38+/m1/s1. The van der Waals surface area contributed by atoms with Gasteiger partial charge in [-0.2, -0.15) is 0 Å². The van der Waals surface area contributed by atoms with Crippen molar-refractivity contribution in [3.8, 4) is 11.5 Å². The molecule has 9 rings (SSSR count). The van der Waals surface area contributed by atoms with Crippen LogP contribution in [0.1, 0.15) is 68.3 Å². The molecule has 3 N–H and O–H groups in total. The Morgan fingerprint density at radius 3 is 2.56 bits per heavy atom. The normalized spacial score (nSPS) is 20.7.